The molecule has 0 fully saturated rings. The van der Waals surface area contributed by atoms with E-state index in [2.05, 4.69) is 56.9 Å². The van der Waals surface area contributed by atoms with Crippen LogP contribution < -0.4 is 5.32 Å². The van der Waals surface area contributed by atoms with E-state index in [0.29, 0.717) is 0 Å². The van der Waals surface area contributed by atoms with Crippen molar-refractivity contribution in [1.29, 1.82) is 0 Å². The molecule has 0 aromatic heterocycles. The molecule has 1 nitrogen and oxygen atoms in total. The summed E-state index contributed by atoms with van der Waals surface area (Å²) in [4.78, 5) is 0. The molecule has 0 aliphatic carbocycles. The van der Waals surface area contributed by atoms with Crippen molar-refractivity contribution in [2.24, 2.45) is 0 Å². The monoisotopic (exact) mass is 205 g/mol. The summed E-state index contributed by atoms with van der Waals surface area (Å²) in [5, 5.41) is 3.10. The molecule has 0 amide bonds. The lowest BCUT2D eigenvalue weighted by molar-refractivity contribution is 0.812. The van der Waals surface area contributed by atoms with Gasteiger partial charge in [0.1, 0.15) is 0 Å². The van der Waals surface area contributed by atoms with Crippen molar-refractivity contribution in [3.05, 3.63) is 48.2 Å². The minimum atomic E-state index is 0.993. The molecule has 0 saturated carbocycles. The van der Waals surface area contributed by atoms with Gasteiger partial charge in [0, 0.05) is 12.2 Å². The first-order chi connectivity index (χ1) is 7.24. The first-order valence-electron chi connectivity index (χ1n) is 5.70. The van der Waals surface area contributed by atoms with Crippen molar-refractivity contribution < 1.29 is 0 Å². The van der Waals surface area contributed by atoms with Crippen LogP contribution in [-0.2, 0) is 6.42 Å². The van der Waals surface area contributed by atoms with Crippen molar-refractivity contribution in [2.45, 2.75) is 33.6 Å². The van der Waals surface area contributed by atoms with Crippen LogP contribution in [0.15, 0.2) is 42.6 Å². The van der Waals surface area contributed by atoms with Crippen LogP contribution in [0.5, 0.6) is 0 Å². The first kappa shape index (κ1) is 13.8. The zero-order chi connectivity index (χ0) is 11.5. The summed E-state index contributed by atoms with van der Waals surface area (Å²) in [7, 11) is 0. The number of benzene rings is 1. The summed E-state index contributed by atoms with van der Waals surface area (Å²) in [5.41, 5.74) is 2.54. The Balaban J connectivity index is 0.000000265. The zero-order valence-corrected chi connectivity index (χ0v) is 10.2. The van der Waals surface area contributed by atoms with Crippen LogP contribution in [0.4, 0.5) is 0 Å². The minimum absolute atomic E-state index is 0.993. The van der Waals surface area contributed by atoms with E-state index in [9.17, 15) is 0 Å². The molecule has 0 unspecified atom stereocenters. The quantitative estimate of drug-likeness (QED) is 0.789. The zero-order valence-electron chi connectivity index (χ0n) is 10.2. The molecule has 1 aromatic rings. The Bertz CT molecular complexity index is 251. The standard InChI is InChI=1S/C8H10.C6H13N/c1-2-8-6-4-3-5-7-8;1-4-6(3)7-5-2/h3-7H,2H2,1H3;7H,3-5H2,1-2H3. The highest BCUT2D eigenvalue weighted by Crippen LogP contribution is 1.96. The number of aryl methyl sites for hydroxylation is 1. The highest BCUT2D eigenvalue weighted by molar-refractivity contribution is 5.13. The molecule has 0 aliphatic heterocycles. The molecule has 1 rings (SSSR count). The van der Waals surface area contributed by atoms with E-state index in [1.54, 1.807) is 0 Å². The van der Waals surface area contributed by atoms with Crippen LogP contribution in [0.2, 0.25) is 0 Å². The van der Waals surface area contributed by atoms with Crippen LogP contribution in [0.1, 0.15) is 32.8 Å². The predicted molar refractivity (Wildman–Crippen MR) is 68.9 cm³/mol. The summed E-state index contributed by atoms with van der Waals surface area (Å²) in [6, 6.07) is 10.5. The molecule has 1 heteroatoms. The molecule has 0 heterocycles. The lowest BCUT2D eigenvalue weighted by atomic mass is 10.2. The van der Waals surface area contributed by atoms with Gasteiger partial charge in [-0.2, -0.15) is 0 Å². The normalized spacial score (nSPS) is 8.73. The number of rotatable bonds is 4. The Morgan fingerprint density at radius 2 is 1.73 bits per heavy atom. The maximum absolute atomic E-state index is 3.75. The Morgan fingerprint density at radius 1 is 1.13 bits per heavy atom. The molecular weight excluding hydrogens is 182 g/mol. The predicted octanol–water partition coefficient (Wildman–Crippen LogP) is 3.77. The second-order valence-corrected chi connectivity index (χ2v) is 3.33. The van der Waals surface area contributed by atoms with Gasteiger partial charge in [0.15, 0.2) is 0 Å². The Hall–Kier alpha value is -1.24. The highest BCUT2D eigenvalue weighted by atomic mass is 14.9. The van der Waals surface area contributed by atoms with Gasteiger partial charge in [-0.25, -0.2) is 0 Å². The lowest BCUT2D eigenvalue weighted by Crippen LogP contribution is -2.09. The van der Waals surface area contributed by atoms with E-state index in [0.717, 1.165) is 25.1 Å². The Morgan fingerprint density at radius 3 is 2.00 bits per heavy atom. The van der Waals surface area contributed by atoms with Crippen LogP contribution in [0.25, 0.3) is 0 Å². The van der Waals surface area contributed by atoms with Crippen molar-refractivity contribution in [2.75, 3.05) is 6.54 Å². The summed E-state index contributed by atoms with van der Waals surface area (Å²) < 4.78 is 0. The molecular formula is C14H23N. The molecule has 0 saturated heterocycles. The van der Waals surface area contributed by atoms with Gasteiger partial charge in [-0.3, -0.25) is 0 Å². The molecule has 15 heavy (non-hydrogen) atoms. The van der Waals surface area contributed by atoms with E-state index < -0.39 is 0 Å². The van der Waals surface area contributed by atoms with Gasteiger partial charge in [0.25, 0.3) is 0 Å². The Labute approximate surface area is 94.2 Å². The molecule has 0 radical (unpaired) electrons. The van der Waals surface area contributed by atoms with Crippen LogP contribution in [-0.4, -0.2) is 6.54 Å². The average molecular weight is 205 g/mol. The van der Waals surface area contributed by atoms with Crippen molar-refractivity contribution >= 4 is 0 Å². The van der Waals surface area contributed by atoms with Crippen LogP contribution in [0.3, 0.4) is 0 Å². The molecule has 1 aromatic carbocycles. The number of hydrogen-bond donors (Lipinski definition) is 1. The van der Waals surface area contributed by atoms with E-state index >= 15 is 0 Å². The summed E-state index contributed by atoms with van der Waals surface area (Å²) in [5.74, 6) is 0. The van der Waals surface area contributed by atoms with Gasteiger partial charge < -0.3 is 5.32 Å². The summed E-state index contributed by atoms with van der Waals surface area (Å²) in [6.45, 7) is 11.1. The molecule has 84 valence electrons. The third-order valence-electron chi connectivity index (χ3n) is 2.10. The summed E-state index contributed by atoms with van der Waals surface area (Å²) in [6.07, 6.45) is 2.18. The fraction of sp³-hybridized carbons (Fsp3) is 0.429. The Kier molecular flexibility index (Phi) is 8.55. The van der Waals surface area contributed by atoms with Gasteiger partial charge in [0.2, 0.25) is 0 Å². The van der Waals surface area contributed by atoms with Gasteiger partial charge in [-0.15, -0.1) is 0 Å². The van der Waals surface area contributed by atoms with E-state index in [4.69, 9.17) is 0 Å². The second-order valence-electron chi connectivity index (χ2n) is 3.33. The summed E-state index contributed by atoms with van der Waals surface area (Å²) >= 11 is 0. The number of nitrogens with one attached hydrogen (secondary N) is 1. The highest BCUT2D eigenvalue weighted by Gasteiger charge is 1.80. The number of allylic oxidation sites excluding steroid dienone is 1. The maximum Gasteiger partial charge on any atom is 0.0115 e. The number of hydrogen-bond acceptors (Lipinski definition) is 1. The van der Waals surface area contributed by atoms with Crippen molar-refractivity contribution in [3.8, 4) is 0 Å². The van der Waals surface area contributed by atoms with Crippen LogP contribution in [0, 0.1) is 0 Å². The molecule has 0 atom stereocenters. The average Bonchev–Trinajstić information content (AvgIpc) is 2.31. The van der Waals surface area contributed by atoms with Crippen LogP contribution >= 0.6 is 0 Å². The van der Waals surface area contributed by atoms with E-state index in [-0.39, 0.29) is 0 Å². The van der Waals surface area contributed by atoms with Gasteiger partial charge in [-0.05, 0) is 25.3 Å². The van der Waals surface area contributed by atoms with Gasteiger partial charge in [-0.1, -0.05) is 50.8 Å². The lowest BCUT2D eigenvalue weighted by Gasteiger charge is -2.00. The molecule has 1 N–H and O–H groups in total. The second kappa shape index (κ2) is 9.32. The van der Waals surface area contributed by atoms with Crippen molar-refractivity contribution in [1.82, 2.24) is 5.32 Å². The molecule has 0 spiro atoms. The van der Waals surface area contributed by atoms with Gasteiger partial charge in [0.05, 0.1) is 0 Å². The van der Waals surface area contributed by atoms with E-state index in [1.165, 1.54) is 5.56 Å². The largest absolute Gasteiger partial charge is 0.389 e. The topological polar surface area (TPSA) is 12.0 Å². The fourth-order valence-corrected chi connectivity index (χ4v) is 1.09. The molecule has 0 aliphatic rings. The van der Waals surface area contributed by atoms with Crippen molar-refractivity contribution in [3.63, 3.8) is 0 Å². The minimum Gasteiger partial charge on any atom is -0.389 e. The van der Waals surface area contributed by atoms with Gasteiger partial charge >= 0.3 is 0 Å². The third kappa shape index (κ3) is 7.80. The fourth-order valence-electron chi connectivity index (χ4n) is 1.09. The first-order valence-corrected chi connectivity index (χ1v) is 5.70. The molecule has 0 bridgehead atoms. The SMILES string of the molecule is C=C(CC)NCC.CCc1ccccc1. The van der Waals surface area contributed by atoms with E-state index in [1.807, 2.05) is 6.07 Å². The maximum atomic E-state index is 3.75. The third-order valence-corrected chi connectivity index (χ3v) is 2.10. The smallest absolute Gasteiger partial charge is 0.0115 e.